The van der Waals surface area contributed by atoms with Crippen LogP contribution in [0.4, 0.5) is 5.82 Å². The van der Waals surface area contributed by atoms with Crippen LogP contribution in [0.2, 0.25) is 0 Å². The van der Waals surface area contributed by atoms with E-state index in [1.54, 1.807) is 19.2 Å². The molecule has 0 aromatic carbocycles. The first-order chi connectivity index (χ1) is 8.24. The quantitative estimate of drug-likeness (QED) is 0.699. The number of anilines is 1. The lowest BCUT2D eigenvalue weighted by Crippen LogP contribution is -2.24. The molecular formula is C12H19N3O2. The van der Waals surface area contributed by atoms with Gasteiger partial charge in [-0.2, -0.15) is 0 Å². The van der Waals surface area contributed by atoms with Crippen LogP contribution in [0.25, 0.3) is 0 Å². The van der Waals surface area contributed by atoms with Gasteiger partial charge in [0.15, 0.2) is 0 Å². The Morgan fingerprint density at radius 2 is 2.29 bits per heavy atom. The Balaban J connectivity index is 2.21. The molecule has 5 nitrogen and oxygen atoms in total. The number of hydrogen-bond donors (Lipinski definition) is 2. The lowest BCUT2D eigenvalue weighted by atomic mass is 10.2. The molecule has 1 rings (SSSR count). The summed E-state index contributed by atoms with van der Waals surface area (Å²) in [6.45, 7) is 1.44. The average Bonchev–Trinajstić information content (AvgIpc) is 2.33. The fourth-order valence-corrected chi connectivity index (χ4v) is 1.44. The SMILES string of the molecule is COCCCCCNC(=O)c1ccnc(N)c1. The zero-order valence-electron chi connectivity index (χ0n) is 10.1. The molecule has 0 unspecified atom stereocenters. The smallest absolute Gasteiger partial charge is 0.251 e. The fourth-order valence-electron chi connectivity index (χ4n) is 1.44. The molecule has 0 aliphatic rings. The Bertz CT molecular complexity index is 355. The van der Waals surface area contributed by atoms with Crippen molar-refractivity contribution in [2.24, 2.45) is 0 Å². The minimum Gasteiger partial charge on any atom is -0.385 e. The molecule has 0 fully saturated rings. The van der Waals surface area contributed by atoms with Crippen LogP contribution < -0.4 is 11.1 Å². The van der Waals surface area contributed by atoms with Crippen LogP contribution in [0.15, 0.2) is 18.3 Å². The number of carbonyl (C=O) groups is 1. The van der Waals surface area contributed by atoms with Gasteiger partial charge in [0.05, 0.1) is 0 Å². The van der Waals surface area contributed by atoms with E-state index in [1.807, 2.05) is 0 Å². The van der Waals surface area contributed by atoms with Gasteiger partial charge in [-0.05, 0) is 31.4 Å². The Morgan fingerprint density at radius 1 is 1.47 bits per heavy atom. The Hall–Kier alpha value is -1.62. The van der Waals surface area contributed by atoms with E-state index in [9.17, 15) is 4.79 Å². The standard InChI is InChI=1S/C12H19N3O2/c1-17-8-4-2-3-6-15-12(16)10-5-7-14-11(13)9-10/h5,7,9H,2-4,6,8H2,1H3,(H2,13,14)(H,15,16). The Morgan fingerprint density at radius 3 is 3.00 bits per heavy atom. The van der Waals surface area contributed by atoms with E-state index in [-0.39, 0.29) is 5.91 Å². The van der Waals surface area contributed by atoms with Crippen molar-refractivity contribution in [1.82, 2.24) is 10.3 Å². The van der Waals surface area contributed by atoms with Gasteiger partial charge >= 0.3 is 0 Å². The van der Waals surface area contributed by atoms with Gasteiger partial charge in [0, 0.05) is 32.0 Å². The van der Waals surface area contributed by atoms with Gasteiger partial charge in [-0.3, -0.25) is 4.79 Å². The number of carbonyl (C=O) groups excluding carboxylic acids is 1. The van der Waals surface area contributed by atoms with Crippen LogP contribution in [0, 0.1) is 0 Å². The van der Waals surface area contributed by atoms with Crippen LogP contribution in [-0.2, 0) is 4.74 Å². The normalized spacial score (nSPS) is 10.2. The molecule has 1 aromatic heterocycles. The third kappa shape index (κ3) is 5.31. The number of methoxy groups -OCH3 is 1. The summed E-state index contributed by atoms with van der Waals surface area (Å²) >= 11 is 0. The molecule has 0 aliphatic carbocycles. The lowest BCUT2D eigenvalue weighted by Gasteiger charge is -2.05. The monoisotopic (exact) mass is 237 g/mol. The van der Waals surface area contributed by atoms with Gasteiger partial charge in [0.1, 0.15) is 5.82 Å². The number of nitrogens with two attached hydrogens (primary N) is 1. The summed E-state index contributed by atoms with van der Waals surface area (Å²) < 4.78 is 4.94. The first-order valence-electron chi connectivity index (χ1n) is 5.72. The van der Waals surface area contributed by atoms with Crippen molar-refractivity contribution in [3.63, 3.8) is 0 Å². The average molecular weight is 237 g/mol. The van der Waals surface area contributed by atoms with E-state index in [0.717, 1.165) is 25.9 Å². The number of aromatic nitrogens is 1. The molecular weight excluding hydrogens is 218 g/mol. The third-order valence-electron chi connectivity index (χ3n) is 2.35. The minimum atomic E-state index is -0.106. The number of rotatable bonds is 7. The van der Waals surface area contributed by atoms with Crippen molar-refractivity contribution < 1.29 is 9.53 Å². The summed E-state index contributed by atoms with van der Waals surface area (Å²) in [5, 5.41) is 2.84. The summed E-state index contributed by atoms with van der Waals surface area (Å²) in [5.74, 6) is 0.253. The third-order valence-corrected chi connectivity index (χ3v) is 2.35. The molecule has 5 heteroatoms. The Kier molecular flexibility index (Phi) is 6.03. The van der Waals surface area contributed by atoms with Gasteiger partial charge in [0.2, 0.25) is 0 Å². The maximum Gasteiger partial charge on any atom is 0.251 e. The van der Waals surface area contributed by atoms with Crippen molar-refractivity contribution in [3.05, 3.63) is 23.9 Å². The van der Waals surface area contributed by atoms with Crippen molar-refractivity contribution in [2.75, 3.05) is 26.0 Å². The lowest BCUT2D eigenvalue weighted by molar-refractivity contribution is 0.0952. The molecule has 17 heavy (non-hydrogen) atoms. The first kappa shape index (κ1) is 13.4. The van der Waals surface area contributed by atoms with Gasteiger partial charge in [-0.15, -0.1) is 0 Å². The number of amides is 1. The molecule has 1 amide bonds. The summed E-state index contributed by atoms with van der Waals surface area (Å²) in [6, 6.07) is 3.22. The predicted molar refractivity (Wildman–Crippen MR) is 66.7 cm³/mol. The molecule has 94 valence electrons. The fraction of sp³-hybridized carbons (Fsp3) is 0.500. The highest BCUT2D eigenvalue weighted by Crippen LogP contribution is 2.02. The number of hydrogen-bond acceptors (Lipinski definition) is 4. The molecule has 1 heterocycles. The van der Waals surface area contributed by atoms with Gasteiger partial charge in [-0.25, -0.2) is 4.98 Å². The van der Waals surface area contributed by atoms with E-state index in [1.165, 1.54) is 6.20 Å². The van der Waals surface area contributed by atoms with Crippen LogP contribution in [0.5, 0.6) is 0 Å². The van der Waals surface area contributed by atoms with Crippen LogP contribution in [0.3, 0.4) is 0 Å². The molecule has 0 spiro atoms. The highest BCUT2D eigenvalue weighted by Gasteiger charge is 2.04. The van der Waals surface area contributed by atoms with Crippen LogP contribution in [0.1, 0.15) is 29.6 Å². The largest absolute Gasteiger partial charge is 0.385 e. The predicted octanol–water partition coefficient (Wildman–Crippen LogP) is 1.21. The van der Waals surface area contributed by atoms with Crippen LogP contribution >= 0.6 is 0 Å². The van der Waals surface area contributed by atoms with E-state index in [4.69, 9.17) is 10.5 Å². The zero-order chi connectivity index (χ0) is 12.5. The minimum absolute atomic E-state index is 0.106. The molecule has 3 N–H and O–H groups in total. The number of nitrogen functional groups attached to an aromatic ring is 1. The van der Waals surface area contributed by atoms with E-state index in [0.29, 0.717) is 17.9 Å². The van der Waals surface area contributed by atoms with Crippen molar-refractivity contribution in [2.45, 2.75) is 19.3 Å². The maximum atomic E-state index is 11.7. The van der Waals surface area contributed by atoms with E-state index in [2.05, 4.69) is 10.3 Å². The van der Waals surface area contributed by atoms with Crippen LogP contribution in [-0.4, -0.2) is 31.2 Å². The molecule has 0 saturated carbocycles. The zero-order valence-corrected chi connectivity index (χ0v) is 10.1. The highest BCUT2D eigenvalue weighted by atomic mass is 16.5. The van der Waals surface area contributed by atoms with Gasteiger partial charge in [0.25, 0.3) is 5.91 Å². The molecule has 1 aromatic rings. The summed E-state index contributed by atoms with van der Waals surface area (Å²) in [7, 11) is 1.69. The summed E-state index contributed by atoms with van der Waals surface area (Å²) in [5.41, 5.74) is 6.05. The van der Waals surface area contributed by atoms with E-state index >= 15 is 0 Å². The van der Waals surface area contributed by atoms with Gasteiger partial charge < -0.3 is 15.8 Å². The molecule has 0 aliphatic heterocycles. The van der Waals surface area contributed by atoms with Gasteiger partial charge in [-0.1, -0.05) is 0 Å². The number of nitrogens with zero attached hydrogens (tertiary/aromatic N) is 1. The Labute approximate surface area is 101 Å². The number of nitrogens with one attached hydrogen (secondary N) is 1. The molecule has 0 bridgehead atoms. The van der Waals surface area contributed by atoms with Crippen molar-refractivity contribution in [1.29, 1.82) is 0 Å². The van der Waals surface area contributed by atoms with Crippen molar-refractivity contribution in [3.8, 4) is 0 Å². The second-order valence-electron chi connectivity index (χ2n) is 3.78. The topological polar surface area (TPSA) is 77.2 Å². The maximum absolute atomic E-state index is 11.7. The molecule has 0 saturated heterocycles. The van der Waals surface area contributed by atoms with E-state index < -0.39 is 0 Å². The van der Waals surface area contributed by atoms with Crippen molar-refractivity contribution >= 4 is 11.7 Å². The summed E-state index contributed by atoms with van der Waals surface area (Å²) in [4.78, 5) is 15.5. The second-order valence-corrected chi connectivity index (χ2v) is 3.78. The number of pyridine rings is 1. The molecule has 0 atom stereocenters. The second kappa shape index (κ2) is 7.62. The number of unbranched alkanes of at least 4 members (excludes halogenated alkanes) is 2. The summed E-state index contributed by atoms with van der Waals surface area (Å²) in [6.07, 6.45) is 4.56. The highest BCUT2D eigenvalue weighted by molar-refractivity contribution is 5.94. The molecule has 0 radical (unpaired) electrons. The number of ether oxygens (including phenoxy) is 1. The first-order valence-corrected chi connectivity index (χ1v) is 5.72.